The first-order valence-electron chi connectivity index (χ1n) is 5.93. The Bertz CT molecular complexity index is 476. The minimum absolute atomic E-state index is 0.0466. The Balaban J connectivity index is 1.92. The molecular formula is C14H14O3. The number of Topliss-reactive ketones (excluding diaryl/α,β-unsaturated/α-hetero) is 1. The Labute approximate surface area is 100 Å². The van der Waals surface area contributed by atoms with Crippen LogP contribution in [0.15, 0.2) is 36.1 Å². The molecule has 1 aromatic rings. The van der Waals surface area contributed by atoms with E-state index in [0.717, 1.165) is 18.4 Å². The van der Waals surface area contributed by atoms with Crippen LogP contribution in [-0.4, -0.2) is 19.0 Å². The van der Waals surface area contributed by atoms with Crippen LogP contribution in [0.4, 0.5) is 0 Å². The second-order valence-electron chi connectivity index (χ2n) is 4.27. The molecule has 0 aliphatic carbocycles. The average molecular weight is 230 g/mol. The van der Waals surface area contributed by atoms with Crippen molar-refractivity contribution < 1.29 is 14.3 Å². The van der Waals surface area contributed by atoms with Crippen molar-refractivity contribution >= 4 is 5.78 Å². The van der Waals surface area contributed by atoms with Gasteiger partial charge in [0, 0.05) is 6.42 Å². The summed E-state index contributed by atoms with van der Waals surface area (Å²) in [4.78, 5) is 12.2. The minimum atomic E-state index is -0.482. The normalized spacial score (nSPS) is 22.6. The molecule has 2 heterocycles. The highest BCUT2D eigenvalue weighted by Gasteiger charge is 2.31. The Kier molecular flexibility index (Phi) is 2.69. The number of hydrogen-bond donors (Lipinski definition) is 0. The lowest BCUT2D eigenvalue weighted by atomic mass is 9.94. The van der Waals surface area contributed by atoms with Crippen LogP contribution in [0.2, 0.25) is 0 Å². The molecule has 1 atom stereocenters. The van der Waals surface area contributed by atoms with Crippen LogP contribution < -0.4 is 0 Å². The zero-order valence-corrected chi connectivity index (χ0v) is 9.52. The Hall–Kier alpha value is -1.61. The van der Waals surface area contributed by atoms with Gasteiger partial charge in [-0.3, -0.25) is 4.79 Å². The van der Waals surface area contributed by atoms with E-state index in [1.54, 1.807) is 0 Å². The van der Waals surface area contributed by atoms with Crippen LogP contribution in [-0.2, 0) is 20.7 Å². The first kappa shape index (κ1) is 10.5. The molecular weight excluding hydrogens is 216 g/mol. The van der Waals surface area contributed by atoms with Gasteiger partial charge >= 0.3 is 0 Å². The standard InChI is InChI=1S/C14H14O3/c15-13(12-6-3-8-16-12)14-11-5-2-1-4-10(11)7-9-17-14/h1-2,4-6,14H,3,7-9H2. The number of hydrogen-bond acceptors (Lipinski definition) is 3. The van der Waals surface area contributed by atoms with Gasteiger partial charge in [-0.15, -0.1) is 0 Å². The fraction of sp³-hybridized carbons (Fsp3) is 0.357. The summed E-state index contributed by atoms with van der Waals surface area (Å²) in [6.07, 6.45) is 3.06. The first-order chi connectivity index (χ1) is 8.36. The smallest absolute Gasteiger partial charge is 0.230 e. The molecule has 88 valence electrons. The molecule has 0 saturated heterocycles. The number of ketones is 1. The summed E-state index contributed by atoms with van der Waals surface area (Å²) >= 11 is 0. The van der Waals surface area contributed by atoms with E-state index in [-0.39, 0.29) is 5.78 Å². The topological polar surface area (TPSA) is 35.5 Å². The number of ether oxygens (including phenoxy) is 2. The van der Waals surface area contributed by atoms with Crippen molar-refractivity contribution in [1.29, 1.82) is 0 Å². The van der Waals surface area contributed by atoms with Crippen LogP contribution in [0, 0.1) is 0 Å². The molecule has 3 rings (SSSR count). The highest BCUT2D eigenvalue weighted by molar-refractivity contribution is 5.98. The molecule has 1 unspecified atom stereocenters. The molecule has 0 N–H and O–H groups in total. The summed E-state index contributed by atoms with van der Waals surface area (Å²) in [5.41, 5.74) is 2.19. The zero-order valence-electron chi connectivity index (χ0n) is 9.52. The fourth-order valence-electron chi connectivity index (χ4n) is 2.33. The molecule has 1 aromatic carbocycles. The molecule has 0 saturated carbocycles. The molecule has 0 spiro atoms. The van der Waals surface area contributed by atoms with Gasteiger partial charge in [0.25, 0.3) is 0 Å². The van der Waals surface area contributed by atoms with Crippen molar-refractivity contribution in [3.8, 4) is 0 Å². The molecule has 0 fully saturated rings. The maximum absolute atomic E-state index is 12.2. The third-order valence-electron chi connectivity index (χ3n) is 3.18. The van der Waals surface area contributed by atoms with Crippen LogP contribution in [0.3, 0.4) is 0 Å². The van der Waals surface area contributed by atoms with Gasteiger partial charge in [0.15, 0.2) is 5.76 Å². The highest BCUT2D eigenvalue weighted by atomic mass is 16.5. The van der Waals surface area contributed by atoms with Crippen LogP contribution in [0.5, 0.6) is 0 Å². The number of carbonyl (C=O) groups excluding carboxylic acids is 1. The molecule has 17 heavy (non-hydrogen) atoms. The van der Waals surface area contributed by atoms with E-state index in [1.807, 2.05) is 24.3 Å². The van der Waals surface area contributed by atoms with Gasteiger partial charge in [-0.2, -0.15) is 0 Å². The van der Waals surface area contributed by atoms with Crippen molar-refractivity contribution in [2.24, 2.45) is 0 Å². The monoisotopic (exact) mass is 230 g/mol. The second-order valence-corrected chi connectivity index (χ2v) is 4.27. The maximum atomic E-state index is 12.2. The van der Waals surface area contributed by atoms with E-state index >= 15 is 0 Å². The van der Waals surface area contributed by atoms with E-state index < -0.39 is 6.10 Å². The van der Waals surface area contributed by atoms with E-state index in [1.165, 1.54) is 5.56 Å². The number of fused-ring (bicyclic) bond motifs is 1. The summed E-state index contributed by atoms with van der Waals surface area (Å²) < 4.78 is 10.9. The van der Waals surface area contributed by atoms with Crippen LogP contribution >= 0.6 is 0 Å². The quantitative estimate of drug-likeness (QED) is 0.781. The largest absolute Gasteiger partial charge is 0.490 e. The Morgan fingerprint density at radius 1 is 1.24 bits per heavy atom. The van der Waals surface area contributed by atoms with Crippen LogP contribution in [0.1, 0.15) is 23.7 Å². The van der Waals surface area contributed by atoms with Crippen LogP contribution in [0.25, 0.3) is 0 Å². The third kappa shape index (κ3) is 1.87. The van der Waals surface area contributed by atoms with E-state index in [2.05, 4.69) is 6.07 Å². The van der Waals surface area contributed by atoms with Crippen molar-refractivity contribution in [2.45, 2.75) is 18.9 Å². The van der Waals surface area contributed by atoms with Gasteiger partial charge in [-0.05, 0) is 23.6 Å². The molecule has 0 radical (unpaired) electrons. The summed E-state index contributed by atoms with van der Waals surface area (Å²) in [5, 5.41) is 0. The predicted octanol–water partition coefficient (Wildman–Crippen LogP) is 2.17. The predicted molar refractivity (Wildman–Crippen MR) is 62.5 cm³/mol. The Morgan fingerprint density at radius 3 is 2.94 bits per heavy atom. The van der Waals surface area contributed by atoms with Gasteiger partial charge in [-0.1, -0.05) is 24.3 Å². The molecule has 0 aromatic heterocycles. The molecule has 0 bridgehead atoms. The number of rotatable bonds is 2. The van der Waals surface area contributed by atoms with Crippen molar-refractivity contribution in [1.82, 2.24) is 0 Å². The number of benzene rings is 1. The minimum Gasteiger partial charge on any atom is -0.490 e. The molecule has 2 aliphatic heterocycles. The van der Waals surface area contributed by atoms with E-state index in [4.69, 9.17) is 9.47 Å². The summed E-state index contributed by atoms with van der Waals surface area (Å²) in [6, 6.07) is 7.96. The fourth-order valence-corrected chi connectivity index (χ4v) is 2.33. The van der Waals surface area contributed by atoms with Gasteiger partial charge in [0.2, 0.25) is 5.78 Å². The van der Waals surface area contributed by atoms with E-state index in [0.29, 0.717) is 19.0 Å². The highest BCUT2D eigenvalue weighted by Crippen LogP contribution is 2.30. The third-order valence-corrected chi connectivity index (χ3v) is 3.18. The molecule has 3 heteroatoms. The maximum Gasteiger partial charge on any atom is 0.230 e. The van der Waals surface area contributed by atoms with E-state index in [9.17, 15) is 4.79 Å². The van der Waals surface area contributed by atoms with Gasteiger partial charge < -0.3 is 9.47 Å². The lowest BCUT2D eigenvalue weighted by Gasteiger charge is -2.24. The first-order valence-corrected chi connectivity index (χ1v) is 5.93. The summed E-state index contributed by atoms with van der Waals surface area (Å²) in [6.45, 7) is 1.20. The van der Waals surface area contributed by atoms with Gasteiger partial charge in [0.1, 0.15) is 6.10 Å². The van der Waals surface area contributed by atoms with Crippen molar-refractivity contribution in [2.75, 3.05) is 13.2 Å². The lowest BCUT2D eigenvalue weighted by Crippen LogP contribution is -2.24. The zero-order chi connectivity index (χ0) is 11.7. The summed E-state index contributed by atoms with van der Waals surface area (Å²) in [5.74, 6) is 0.418. The SMILES string of the molecule is O=C(C1=CCCO1)C1OCCc2ccccc21. The molecule has 0 amide bonds. The Morgan fingerprint density at radius 2 is 2.12 bits per heavy atom. The lowest BCUT2D eigenvalue weighted by molar-refractivity contribution is -0.131. The number of carbonyl (C=O) groups is 1. The van der Waals surface area contributed by atoms with Crippen molar-refractivity contribution in [3.05, 3.63) is 47.2 Å². The molecule has 2 aliphatic rings. The average Bonchev–Trinajstić information content (AvgIpc) is 2.91. The van der Waals surface area contributed by atoms with Gasteiger partial charge in [0.05, 0.1) is 13.2 Å². The van der Waals surface area contributed by atoms with Gasteiger partial charge in [-0.25, -0.2) is 0 Å². The molecule has 3 nitrogen and oxygen atoms in total. The summed E-state index contributed by atoms with van der Waals surface area (Å²) in [7, 11) is 0. The second kappa shape index (κ2) is 4.34. The van der Waals surface area contributed by atoms with Crippen molar-refractivity contribution in [3.63, 3.8) is 0 Å².